The van der Waals surface area contributed by atoms with E-state index in [0.717, 1.165) is 21.2 Å². The van der Waals surface area contributed by atoms with Crippen molar-refractivity contribution in [3.05, 3.63) is 69.4 Å². The van der Waals surface area contributed by atoms with Crippen molar-refractivity contribution in [3.63, 3.8) is 0 Å². The molecule has 1 N–H and O–H groups in total. The van der Waals surface area contributed by atoms with Crippen LogP contribution in [0.15, 0.2) is 51.4 Å². The van der Waals surface area contributed by atoms with Crippen LogP contribution in [0, 0.1) is 13.8 Å². The summed E-state index contributed by atoms with van der Waals surface area (Å²) in [4.78, 5) is 0. The Morgan fingerprint density at radius 3 is 2.57 bits per heavy atom. The molecule has 0 aliphatic heterocycles. The van der Waals surface area contributed by atoms with E-state index in [2.05, 4.69) is 77.6 Å². The third-order valence-electron chi connectivity index (χ3n) is 3.73. The number of rotatable bonds is 3. The average Bonchev–Trinajstić information content (AvgIpc) is 2.83. The highest BCUT2D eigenvalue weighted by Crippen LogP contribution is 2.31. The minimum Gasteiger partial charge on any atom is -0.459 e. The predicted octanol–water partition coefficient (Wildman–Crippen LogP) is 5.12. The second-order valence-electron chi connectivity index (χ2n) is 5.43. The summed E-state index contributed by atoms with van der Waals surface area (Å²) in [5, 5.41) is 4.50. The van der Waals surface area contributed by atoms with Crippen molar-refractivity contribution in [2.24, 2.45) is 0 Å². The lowest BCUT2D eigenvalue weighted by atomic mass is 10.0. The zero-order valence-electron chi connectivity index (χ0n) is 12.4. The zero-order chi connectivity index (χ0) is 15.0. The molecule has 1 unspecified atom stereocenters. The van der Waals surface area contributed by atoms with E-state index in [0.29, 0.717) is 0 Å². The van der Waals surface area contributed by atoms with Gasteiger partial charge in [-0.1, -0.05) is 40.2 Å². The van der Waals surface area contributed by atoms with Crippen LogP contribution < -0.4 is 5.32 Å². The molecule has 1 heterocycles. The number of aryl methyl sites for hydroxylation is 2. The van der Waals surface area contributed by atoms with Gasteiger partial charge in [0.1, 0.15) is 11.3 Å². The summed E-state index contributed by atoms with van der Waals surface area (Å²) in [6.07, 6.45) is 0. The number of hydrogen-bond acceptors (Lipinski definition) is 2. The minimum absolute atomic E-state index is 0.0491. The Balaban J connectivity index is 2.11. The fourth-order valence-corrected chi connectivity index (χ4v) is 3.40. The van der Waals surface area contributed by atoms with E-state index in [4.69, 9.17) is 4.42 Å². The third kappa shape index (κ3) is 2.76. The summed E-state index contributed by atoms with van der Waals surface area (Å²) in [5.41, 5.74) is 4.56. The molecule has 0 spiro atoms. The SMILES string of the molecule is CNC(c1cc(C)cc(Br)c1)c1cc2cccc(C)c2o1. The predicted molar refractivity (Wildman–Crippen MR) is 90.7 cm³/mol. The first kappa shape index (κ1) is 14.4. The summed E-state index contributed by atoms with van der Waals surface area (Å²) >= 11 is 3.57. The van der Waals surface area contributed by atoms with E-state index in [-0.39, 0.29) is 6.04 Å². The van der Waals surface area contributed by atoms with Crippen molar-refractivity contribution >= 4 is 26.9 Å². The number of hydrogen-bond donors (Lipinski definition) is 1. The lowest BCUT2D eigenvalue weighted by Gasteiger charge is -2.15. The van der Waals surface area contributed by atoms with Gasteiger partial charge >= 0.3 is 0 Å². The number of para-hydroxylation sites is 1. The van der Waals surface area contributed by atoms with E-state index < -0.39 is 0 Å². The fourth-order valence-electron chi connectivity index (χ4n) is 2.78. The van der Waals surface area contributed by atoms with E-state index in [1.807, 2.05) is 7.05 Å². The van der Waals surface area contributed by atoms with Crippen LogP contribution in [0.1, 0.15) is 28.5 Å². The quantitative estimate of drug-likeness (QED) is 0.713. The van der Waals surface area contributed by atoms with Crippen LogP contribution in [0.5, 0.6) is 0 Å². The van der Waals surface area contributed by atoms with Crippen LogP contribution in [0.25, 0.3) is 11.0 Å². The second-order valence-corrected chi connectivity index (χ2v) is 6.34. The Morgan fingerprint density at radius 2 is 1.90 bits per heavy atom. The third-order valence-corrected chi connectivity index (χ3v) is 4.19. The highest BCUT2D eigenvalue weighted by atomic mass is 79.9. The molecule has 2 aromatic carbocycles. The Hall–Kier alpha value is -1.58. The molecule has 2 nitrogen and oxygen atoms in total. The fraction of sp³-hybridized carbons (Fsp3) is 0.222. The van der Waals surface area contributed by atoms with Gasteiger partial charge in [-0.05, 0) is 55.8 Å². The molecule has 3 aromatic rings. The molecule has 3 heteroatoms. The van der Waals surface area contributed by atoms with Crippen LogP contribution in [0.4, 0.5) is 0 Å². The molecule has 21 heavy (non-hydrogen) atoms. The molecule has 1 atom stereocenters. The van der Waals surface area contributed by atoms with Crippen LogP contribution in [0.2, 0.25) is 0 Å². The molecule has 0 fully saturated rings. The molecular formula is C18H18BrNO. The normalized spacial score (nSPS) is 12.8. The first-order valence-electron chi connectivity index (χ1n) is 7.02. The Bertz CT molecular complexity index is 771. The van der Waals surface area contributed by atoms with Gasteiger partial charge in [0.05, 0.1) is 6.04 Å². The van der Waals surface area contributed by atoms with Crippen molar-refractivity contribution in [2.75, 3.05) is 7.05 Å². The van der Waals surface area contributed by atoms with Gasteiger partial charge in [-0.25, -0.2) is 0 Å². The summed E-state index contributed by atoms with van der Waals surface area (Å²) < 4.78 is 7.20. The lowest BCUT2D eigenvalue weighted by molar-refractivity contribution is 0.490. The molecular weight excluding hydrogens is 326 g/mol. The van der Waals surface area contributed by atoms with Crippen molar-refractivity contribution in [2.45, 2.75) is 19.9 Å². The lowest BCUT2D eigenvalue weighted by Crippen LogP contribution is -2.17. The summed E-state index contributed by atoms with van der Waals surface area (Å²) in [5.74, 6) is 0.944. The van der Waals surface area contributed by atoms with E-state index in [1.165, 1.54) is 16.7 Å². The number of fused-ring (bicyclic) bond motifs is 1. The van der Waals surface area contributed by atoms with Gasteiger partial charge in [0.15, 0.2) is 0 Å². The molecule has 108 valence electrons. The van der Waals surface area contributed by atoms with Crippen LogP contribution in [-0.4, -0.2) is 7.05 Å². The highest BCUT2D eigenvalue weighted by Gasteiger charge is 2.18. The number of halogens is 1. The smallest absolute Gasteiger partial charge is 0.137 e. The number of benzene rings is 2. The monoisotopic (exact) mass is 343 g/mol. The maximum absolute atomic E-state index is 6.11. The maximum atomic E-state index is 6.11. The first-order valence-corrected chi connectivity index (χ1v) is 7.81. The maximum Gasteiger partial charge on any atom is 0.137 e. The van der Waals surface area contributed by atoms with E-state index in [9.17, 15) is 0 Å². The van der Waals surface area contributed by atoms with E-state index in [1.54, 1.807) is 0 Å². The van der Waals surface area contributed by atoms with Gasteiger partial charge < -0.3 is 9.73 Å². The largest absolute Gasteiger partial charge is 0.459 e. The van der Waals surface area contributed by atoms with Gasteiger partial charge in [0, 0.05) is 9.86 Å². The zero-order valence-corrected chi connectivity index (χ0v) is 14.0. The first-order chi connectivity index (χ1) is 10.1. The van der Waals surface area contributed by atoms with Gasteiger partial charge in [0.2, 0.25) is 0 Å². The summed E-state index contributed by atoms with van der Waals surface area (Å²) in [7, 11) is 1.96. The molecule has 0 radical (unpaired) electrons. The molecule has 1 aromatic heterocycles. The molecule has 0 bridgehead atoms. The summed E-state index contributed by atoms with van der Waals surface area (Å²) in [6.45, 7) is 4.18. The van der Waals surface area contributed by atoms with E-state index >= 15 is 0 Å². The van der Waals surface area contributed by atoms with Gasteiger partial charge in [-0.15, -0.1) is 0 Å². The van der Waals surface area contributed by atoms with Crippen LogP contribution >= 0.6 is 15.9 Å². The van der Waals surface area contributed by atoms with Gasteiger partial charge in [-0.3, -0.25) is 0 Å². The summed E-state index contributed by atoms with van der Waals surface area (Å²) in [6, 6.07) is 14.8. The molecule has 0 amide bonds. The average molecular weight is 344 g/mol. The van der Waals surface area contributed by atoms with Crippen molar-refractivity contribution in [3.8, 4) is 0 Å². The second kappa shape index (κ2) is 5.66. The Kier molecular flexibility index (Phi) is 3.87. The van der Waals surface area contributed by atoms with Gasteiger partial charge in [-0.2, -0.15) is 0 Å². The van der Waals surface area contributed by atoms with Crippen molar-refractivity contribution < 1.29 is 4.42 Å². The number of nitrogens with one attached hydrogen (secondary N) is 1. The molecule has 3 rings (SSSR count). The molecule has 0 saturated carbocycles. The topological polar surface area (TPSA) is 25.2 Å². The minimum atomic E-state index is 0.0491. The standard InChI is InChI=1S/C18H18BrNO/c1-11-7-14(9-15(19)8-11)17(20-3)16-10-13-6-4-5-12(2)18(13)21-16/h4-10,17,20H,1-3H3. The highest BCUT2D eigenvalue weighted by molar-refractivity contribution is 9.10. The Morgan fingerprint density at radius 1 is 1.10 bits per heavy atom. The molecule has 0 aliphatic carbocycles. The molecule has 0 aliphatic rings. The number of furan rings is 1. The molecule has 0 saturated heterocycles. The van der Waals surface area contributed by atoms with Crippen LogP contribution in [-0.2, 0) is 0 Å². The Labute approximate surface area is 133 Å². The van der Waals surface area contributed by atoms with Crippen molar-refractivity contribution in [1.29, 1.82) is 0 Å². The van der Waals surface area contributed by atoms with Crippen LogP contribution in [0.3, 0.4) is 0 Å². The van der Waals surface area contributed by atoms with Gasteiger partial charge in [0.25, 0.3) is 0 Å². The van der Waals surface area contributed by atoms with Crippen molar-refractivity contribution in [1.82, 2.24) is 5.32 Å².